The van der Waals surface area contributed by atoms with Gasteiger partial charge in [-0.25, -0.2) is 14.8 Å². The maximum absolute atomic E-state index is 12.3. The molecule has 2 amide bonds. The van der Waals surface area contributed by atoms with Crippen LogP contribution in [0.25, 0.3) is 32.4 Å². The van der Waals surface area contributed by atoms with Gasteiger partial charge in [0.25, 0.3) is 0 Å². The molecule has 3 heterocycles. The monoisotopic (exact) mass is 508 g/mol. The molecule has 0 saturated heterocycles. The maximum Gasteiger partial charge on any atom is 0.345 e. The molecular weight excluding hydrogens is 492 g/mol. The predicted octanol–water partition coefficient (Wildman–Crippen LogP) is 4.84. The van der Waals surface area contributed by atoms with E-state index < -0.39 is 5.63 Å². The number of anilines is 2. The summed E-state index contributed by atoms with van der Waals surface area (Å²) in [5.41, 5.74) is 1.61. The molecule has 0 radical (unpaired) electrons. The largest absolute Gasteiger partial charge is 0.422 e. The fourth-order valence-corrected chi connectivity index (χ4v) is 5.39. The summed E-state index contributed by atoms with van der Waals surface area (Å²) in [6, 6.07) is 16.6. The maximum atomic E-state index is 12.3. The van der Waals surface area contributed by atoms with Crippen molar-refractivity contribution in [2.75, 3.05) is 22.1 Å². The highest BCUT2D eigenvalue weighted by atomic mass is 32.2. The molecule has 0 fully saturated rings. The lowest BCUT2D eigenvalue weighted by Crippen LogP contribution is -2.18. The van der Waals surface area contributed by atoms with E-state index in [4.69, 9.17) is 4.42 Å². The van der Waals surface area contributed by atoms with Gasteiger partial charge in [0.1, 0.15) is 5.58 Å². The highest BCUT2D eigenvalue weighted by Crippen LogP contribution is 2.26. The SMILES string of the molecule is O=C(CSCC(=O)Nc1nc2ccccc2s1)Nc1nc(-c2cc3ccccc3oc2=O)cs1. The van der Waals surface area contributed by atoms with Crippen LogP contribution in [0.5, 0.6) is 0 Å². The van der Waals surface area contributed by atoms with Gasteiger partial charge in [-0.15, -0.1) is 23.1 Å². The summed E-state index contributed by atoms with van der Waals surface area (Å²) < 4.78 is 6.34. The second kappa shape index (κ2) is 9.75. The standard InChI is InChI=1S/C23H16N4O4S3/c28-19(11-32-12-20(29)27-23-24-15-6-2-4-8-18(15)34-23)26-22-25-16(10-33-22)14-9-13-5-1-3-7-17(13)31-21(14)30/h1-10H,11-12H2,(H,24,27,29)(H,25,26,28). The molecule has 0 aliphatic heterocycles. The van der Waals surface area contributed by atoms with Gasteiger partial charge in [-0.3, -0.25) is 9.59 Å². The predicted molar refractivity (Wildman–Crippen MR) is 138 cm³/mol. The Balaban J connectivity index is 1.14. The number of fused-ring (bicyclic) bond motifs is 2. The average Bonchev–Trinajstić information content (AvgIpc) is 3.44. The number of para-hydroxylation sites is 2. The quantitative estimate of drug-likeness (QED) is 0.303. The number of thiazole rings is 2. The number of benzene rings is 2. The first kappa shape index (κ1) is 22.3. The third-order valence-electron chi connectivity index (χ3n) is 4.67. The van der Waals surface area contributed by atoms with Crippen LogP contribution in [-0.4, -0.2) is 33.3 Å². The minimum Gasteiger partial charge on any atom is -0.422 e. The van der Waals surface area contributed by atoms with Crippen molar-refractivity contribution >= 4 is 77.7 Å². The number of hydrogen-bond acceptors (Lipinski definition) is 9. The van der Waals surface area contributed by atoms with Crippen molar-refractivity contribution in [2.45, 2.75) is 0 Å². The molecule has 0 saturated carbocycles. The van der Waals surface area contributed by atoms with Crippen LogP contribution >= 0.6 is 34.4 Å². The van der Waals surface area contributed by atoms with Crippen LogP contribution in [-0.2, 0) is 9.59 Å². The molecule has 0 spiro atoms. The Bertz CT molecular complexity index is 1540. The number of thioether (sulfide) groups is 1. The van der Waals surface area contributed by atoms with Crippen molar-refractivity contribution in [3.63, 3.8) is 0 Å². The van der Waals surface area contributed by atoms with Crippen LogP contribution in [0.15, 0.2) is 69.2 Å². The number of hydrogen-bond donors (Lipinski definition) is 2. The van der Waals surface area contributed by atoms with E-state index in [1.54, 1.807) is 23.6 Å². The lowest BCUT2D eigenvalue weighted by Gasteiger charge is -2.03. The van der Waals surface area contributed by atoms with E-state index in [0.717, 1.165) is 15.6 Å². The van der Waals surface area contributed by atoms with E-state index >= 15 is 0 Å². The van der Waals surface area contributed by atoms with E-state index in [0.29, 0.717) is 27.1 Å². The molecule has 2 aromatic carbocycles. The Labute approximate surface area is 205 Å². The van der Waals surface area contributed by atoms with Crippen molar-refractivity contribution in [3.05, 3.63) is 70.4 Å². The lowest BCUT2D eigenvalue weighted by molar-refractivity contribution is -0.114. The highest BCUT2D eigenvalue weighted by molar-refractivity contribution is 8.00. The fraction of sp³-hybridized carbons (Fsp3) is 0.0870. The van der Waals surface area contributed by atoms with Gasteiger partial charge < -0.3 is 15.1 Å². The first-order valence-electron chi connectivity index (χ1n) is 10.1. The molecule has 11 heteroatoms. The van der Waals surface area contributed by atoms with Gasteiger partial charge in [-0.05, 0) is 24.3 Å². The van der Waals surface area contributed by atoms with Crippen molar-refractivity contribution in [3.8, 4) is 11.3 Å². The number of aromatic nitrogens is 2. The molecule has 3 aromatic heterocycles. The summed E-state index contributed by atoms with van der Waals surface area (Å²) >= 11 is 3.80. The van der Waals surface area contributed by atoms with Crippen molar-refractivity contribution in [2.24, 2.45) is 0 Å². The Morgan fingerprint density at radius 1 is 0.941 bits per heavy atom. The number of rotatable bonds is 7. The summed E-state index contributed by atoms with van der Waals surface area (Å²) in [7, 11) is 0. The first-order chi connectivity index (χ1) is 16.5. The summed E-state index contributed by atoms with van der Waals surface area (Å²) in [6.45, 7) is 0. The molecule has 34 heavy (non-hydrogen) atoms. The topological polar surface area (TPSA) is 114 Å². The first-order valence-corrected chi connectivity index (χ1v) is 12.9. The number of nitrogens with one attached hydrogen (secondary N) is 2. The normalized spacial score (nSPS) is 11.1. The zero-order valence-corrected chi connectivity index (χ0v) is 19.9. The number of carbonyl (C=O) groups excluding carboxylic acids is 2. The number of amides is 2. The lowest BCUT2D eigenvalue weighted by atomic mass is 10.1. The molecule has 2 N–H and O–H groups in total. The van der Waals surface area contributed by atoms with Gasteiger partial charge >= 0.3 is 5.63 Å². The van der Waals surface area contributed by atoms with Gasteiger partial charge in [-0.1, -0.05) is 41.7 Å². The van der Waals surface area contributed by atoms with Crippen molar-refractivity contribution < 1.29 is 14.0 Å². The van der Waals surface area contributed by atoms with E-state index in [1.807, 2.05) is 36.4 Å². The molecule has 0 bridgehead atoms. The summed E-state index contributed by atoms with van der Waals surface area (Å²) in [6.07, 6.45) is 0. The molecule has 5 rings (SSSR count). The molecule has 8 nitrogen and oxygen atoms in total. The molecule has 5 aromatic rings. The second-order valence-corrected chi connectivity index (χ2v) is 9.97. The Morgan fingerprint density at radius 2 is 1.68 bits per heavy atom. The zero-order valence-electron chi connectivity index (χ0n) is 17.4. The van der Waals surface area contributed by atoms with Crippen LogP contribution in [0.4, 0.5) is 10.3 Å². The van der Waals surface area contributed by atoms with E-state index in [-0.39, 0.29) is 23.3 Å². The smallest absolute Gasteiger partial charge is 0.345 e. The third kappa shape index (κ3) is 5.01. The molecular formula is C23H16N4O4S3. The van der Waals surface area contributed by atoms with E-state index in [9.17, 15) is 14.4 Å². The van der Waals surface area contributed by atoms with Gasteiger partial charge in [0, 0.05) is 10.8 Å². The summed E-state index contributed by atoms with van der Waals surface area (Å²) in [5.74, 6) is -0.314. The van der Waals surface area contributed by atoms with Crippen molar-refractivity contribution in [1.82, 2.24) is 9.97 Å². The molecule has 170 valence electrons. The van der Waals surface area contributed by atoms with Gasteiger partial charge in [-0.2, -0.15) is 0 Å². The molecule has 0 atom stereocenters. The molecule has 0 unspecified atom stereocenters. The second-order valence-electron chi connectivity index (χ2n) is 7.10. The van der Waals surface area contributed by atoms with E-state index in [2.05, 4.69) is 20.6 Å². The number of carbonyl (C=O) groups is 2. The fourth-order valence-electron chi connectivity index (χ4n) is 3.17. The highest BCUT2D eigenvalue weighted by Gasteiger charge is 2.14. The Morgan fingerprint density at radius 3 is 2.50 bits per heavy atom. The van der Waals surface area contributed by atoms with Crippen LogP contribution in [0, 0.1) is 0 Å². The summed E-state index contributed by atoms with van der Waals surface area (Å²) in [4.78, 5) is 45.5. The van der Waals surface area contributed by atoms with Crippen LogP contribution < -0.4 is 16.3 Å². The Kier molecular flexibility index (Phi) is 6.39. The van der Waals surface area contributed by atoms with E-state index in [1.165, 1.54) is 34.4 Å². The van der Waals surface area contributed by atoms with Crippen LogP contribution in [0.3, 0.4) is 0 Å². The minimum absolute atomic E-state index is 0.0836. The molecule has 0 aliphatic rings. The molecule has 0 aliphatic carbocycles. The number of nitrogens with zero attached hydrogens (tertiary/aromatic N) is 2. The van der Waals surface area contributed by atoms with Crippen LogP contribution in [0.1, 0.15) is 0 Å². The van der Waals surface area contributed by atoms with Crippen molar-refractivity contribution in [1.29, 1.82) is 0 Å². The Hall–Kier alpha value is -3.54. The van der Waals surface area contributed by atoms with Gasteiger partial charge in [0.05, 0.1) is 33.0 Å². The third-order valence-corrected chi connectivity index (χ3v) is 7.32. The van der Waals surface area contributed by atoms with Gasteiger partial charge in [0.2, 0.25) is 11.8 Å². The van der Waals surface area contributed by atoms with Crippen LogP contribution in [0.2, 0.25) is 0 Å². The average molecular weight is 509 g/mol. The minimum atomic E-state index is -0.489. The van der Waals surface area contributed by atoms with Gasteiger partial charge in [0.15, 0.2) is 10.3 Å². The summed E-state index contributed by atoms with van der Waals surface area (Å²) in [5, 5.41) is 8.84. The zero-order chi connectivity index (χ0) is 23.5.